The fourth-order valence-electron chi connectivity index (χ4n) is 0.155. The molecule has 0 amide bonds. The molecule has 1 unspecified atom stereocenters. The molecule has 0 aliphatic carbocycles. The van der Waals surface area contributed by atoms with Gasteiger partial charge in [-0.05, 0) is 0 Å². The lowest BCUT2D eigenvalue weighted by Crippen LogP contribution is -1.91. The third-order valence-corrected chi connectivity index (χ3v) is 1.20. The lowest BCUT2D eigenvalue weighted by atomic mass is 10.9. The number of hydrogen-bond donors (Lipinski definition) is 0. The van der Waals surface area contributed by atoms with Gasteiger partial charge in [-0.15, -0.1) is 11.6 Å². The molecule has 0 fully saturated rings. The molecule has 1 atom stereocenters. The predicted molar refractivity (Wildman–Crippen MR) is 33.8 cm³/mol. The number of hydrogen-bond acceptors (Lipinski definition) is 4. The van der Waals surface area contributed by atoms with E-state index in [9.17, 15) is 4.57 Å². The van der Waals surface area contributed by atoms with Gasteiger partial charge in [0.1, 0.15) is 0 Å². The van der Waals surface area contributed by atoms with Gasteiger partial charge in [-0.25, -0.2) is 4.89 Å². The summed E-state index contributed by atoms with van der Waals surface area (Å²) in [7, 11) is -1.16. The Morgan fingerprint density at radius 3 is 2.78 bits per heavy atom. The number of halogens is 1. The summed E-state index contributed by atoms with van der Waals surface area (Å²) in [5.41, 5.74) is 0. The molecule has 0 aromatic rings. The third-order valence-electron chi connectivity index (χ3n) is 0.454. The Hall–Kier alpha value is 0.400. The van der Waals surface area contributed by atoms with Crippen LogP contribution in [0.15, 0.2) is 0 Å². The van der Waals surface area contributed by atoms with Gasteiger partial charge in [-0.1, -0.05) is 0 Å². The van der Waals surface area contributed by atoms with E-state index in [1.807, 2.05) is 0 Å². The van der Waals surface area contributed by atoms with Crippen LogP contribution in [-0.4, -0.2) is 19.6 Å². The molecule has 0 bridgehead atoms. The van der Waals surface area contributed by atoms with E-state index in [-0.39, 0.29) is 6.61 Å². The summed E-state index contributed by atoms with van der Waals surface area (Å²) in [5.74, 6) is 0.304. The lowest BCUT2D eigenvalue weighted by Gasteiger charge is -1.97. The summed E-state index contributed by atoms with van der Waals surface area (Å²) in [6, 6.07) is 0. The minimum Gasteiger partial charge on any atom is -0.312 e. The third kappa shape index (κ3) is 6.28. The van der Waals surface area contributed by atoms with Crippen molar-refractivity contribution in [2.45, 2.75) is 0 Å². The van der Waals surface area contributed by atoms with Crippen molar-refractivity contribution in [2.75, 3.05) is 19.6 Å². The fourth-order valence-corrected chi connectivity index (χ4v) is 0.466. The minimum atomic E-state index is -2.43. The van der Waals surface area contributed by atoms with Crippen LogP contribution in [0.25, 0.3) is 0 Å². The van der Waals surface area contributed by atoms with Crippen LogP contribution < -0.4 is 0 Å². The maximum atomic E-state index is 10.3. The highest BCUT2D eigenvalue weighted by Gasteiger charge is 1.94. The Labute approximate surface area is 58.9 Å². The molecular formula is C3H8ClO4P. The standard InChI is InChI=1S/C3H8ClO4P/c1-6-9(5)8-7-3-2-4/h9H,2-3H2,1H3. The molecular weight excluding hydrogens is 166 g/mol. The Balaban J connectivity index is 2.97. The zero-order valence-corrected chi connectivity index (χ0v) is 6.68. The van der Waals surface area contributed by atoms with E-state index in [0.29, 0.717) is 5.88 Å². The van der Waals surface area contributed by atoms with E-state index in [0.717, 1.165) is 0 Å². The monoisotopic (exact) mass is 174 g/mol. The average molecular weight is 175 g/mol. The van der Waals surface area contributed by atoms with E-state index in [1.165, 1.54) is 7.11 Å². The molecule has 0 aromatic carbocycles. The molecule has 6 heteroatoms. The first-order valence-corrected chi connectivity index (χ1v) is 4.00. The van der Waals surface area contributed by atoms with Crippen LogP contribution in [0.3, 0.4) is 0 Å². The molecule has 0 aliphatic heterocycles. The van der Waals surface area contributed by atoms with Crippen molar-refractivity contribution in [3.05, 3.63) is 0 Å². The molecule has 0 radical (unpaired) electrons. The Kier molecular flexibility index (Phi) is 6.81. The van der Waals surface area contributed by atoms with Crippen molar-refractivity contribution in [3.8, 4) is 0 Å². The second kappa shape index (κ2) is 6.52. The summed E-state index contributed by atoms with van der Waals surface area (Å²) < 4.78 is 18.7. The molecule has 0 rings (SSSR count). The summed E-state index contributed by atoms with van der Waals surface area (Å²) in [6.45, 7) is 0.210. The molecule has 0 aliphatic rings. The van der Waals surface area contributed by atoms with Gasteiger partial charge < -0.3 is 4.52 Å². The predicted octanol–water partition coefficient (Wildman–Crippen LogP) is 1.21. The summed E-state index contributed by atoms with van der Waals surface area (Å²) in [5, 5.41) is 0. The van der Waals surface area contributed by atoms with Crippen molar-refractivity contribution in [1.29, 1.82) is 0 Å². The maximum Gasteiger partial charge on any atom is 0.346 e. The zero-order valence-electron chi connectivity index (χ0n) is 4.93. The first-order valence-electron chi connectivity index (χ1n) is 2.24. The fraction of sp³-hybridized carbons (Fsp3) is 1.00. The van der Waals surface area contributed by atoms with Crippen LogP contribution in [0.1, 0.15) is 0 Å². The second-order valence-corrected chi connectivity index (χ2v) is 2.50. The lowest BCUT2D eigenvalue weighted by molar-refractivity contribution is -0.203. The maximum absolute atomic E-state index is 10.3. The molecule has 0 N–H and O–H groups in total. The van der Waals surface area contributed by atoms with Gasteiger partial charge in [-0.3, -0.25) is 4.57 Å². The molecule has 0 heterocycles. The first-order chi connectivity index (χ1) is 4.31. The molecule has 9 heavy (non-hydrogen) atoms. The van der Waals surface area contributed by atoms with Crippen LogP contribution in [-0.2, 0) is 18.7 Å². The average Bonchev–Trinajstić information content (AvgIpc) is 1.89. The number of alkyl halides is 1. The van der Waals surface area contributed by atoms with Gasteiger partial charge >= 0.3 is 8.25 Å². The Bertz CT molecular complexity index is 87.9. The molecule has 0 saturated carbocycles. The van der Waals surface area contributed by atoms with E-state index in [2.05, 4.69) is 14.1 Å². The van der Waals surface area contributed by atoms with Gasteiger partial charge in [-0.2, -0.15) is 4.67 Å². The van der Waals surface area contributed by atoms with Gasteiger partial charge in [0.15, 0.2) is 0 Å². The van der Waals surface area contributed by atoms with Crippen LogP contribution in [0, 0.1) is 0 Å². The van der Waals surface area contributed by atoms with Crippen molar-refractivity contribution >= 4 is 19.9 Å². The minimum absolute atomic E-state index is 0.210. The van der Waals surface area contributed by atoms with Crippen molar-refractivity contribution < 1.29 is 18.7 Å². The highest BCUT2D eigenvalue weighted by Crippen LogP contribution is 2.21. The van der Waals surface area contributed by atoms with E-state index in [1.54, 1.807) is 0 Å². The van der Waals surface area contributed by atoms with Gasteiger partial charge in [0.05, 0.1) is 6.61 Å². The number of rotatable bonds is 5. The van der Waals surface area contributed by atoms with Crippen LogP contribution in [0.2, 0.25) is 0 Å². The van der Waals surface area contributed by atoms with Crippen molar-refractivity contribution in [3.63, 3.8) is 0 Å². The quantitative estimate of drug-likeness (QED) is 0.207. The van der Waals surface area contributed by atoms with Crippen LogP contribution in [0.4, 0.5) is 0 Å². The molecule has 0 aromatic heterocycles. The topological polar surface area (TPSA) is 44.8 Å². The Morgan fingerprint density at radius 2 is 2.33 bits per heavy atom. The highest BCUT2D eigenvalue weighted by molar-refractivity contribution is 7.33. The van der Waals surface area contributed by atoms with Gasteiger partial charge in [0.2, 0.25) is 0 Å². The SMILES string of the molecule is CO[PH](=O)OOCCCl. The van der Waals surface area contributed by atoms with Crippen LogP contribution in [0.5, 0.6) is 0 Å². The summed E-state index contributed by atoms with van der Waals surface area (Å²) in [4.78, 5) is 4.31. The largest absolute Gasteiger partial charge is 0.346 e. The zero-order chi connectivity index (χ0) is 7.11. The molecule has 4 nitrogen and oxygen atoms in total. The van der Waals surface area contributed by atoms with Crippen molar-refractivity contribution in [1.82, 2.24) is 0 Å². The summed E-state index contributed by atoms with van der Waals surface area (Å²) in [6.07, 6.45) is 0. The van der Waals surface area contributed by atoms with Gasteiger partial charge in [0.25, 0.3) is 0 Å². The second-order valence-electron chi connectivity index (χ2n) is 1.05. The van der Waals surface area contributed by atoms with E-state index in [4.69, 9.17) is 11.6 Å². The van der Waals surface area contributed by atoms with Crippen molar-refractivity contribution in [2.24, 2.45) is 0 Å². The van der Waals surface area contributed by atoms with E-state index >= 15 is 0 Å². The smallest absolute Gasteiger partial charge is 0.312 e. The normalized spacial score (nSPS) is 13.6. The Morgan fingerprint density at radius 1 is 1.67 bits per heavy atom. The van der Waals surface area contributed by atoms with E-state index < -0.39 is 8.25 Å². The summed E-state index contributed by atoms with van der Waals surface area (Å²) >= 11 is 5.19. The molecule has 0 saturated heterocycles. The first kappa shape index (κ1) is 9.40. The van der Waals surface area contributed by atoms with Gasteiger partial charge in [0, 0.05) is 13.0 Å². The molecule has 56 valence electrons. The molecule has 0 spiro atoms. The highest BCUT2D eigenvalue weighted by atomic mass is 35.5. The van der Waals surface area contributed by atoms with Crippen LogP contribution >= 0.6 is 19.9 Å².